The molecule has 2 rings (SSSR count). The van der Waals surface area contributed by atoms with Crippen molar-refractivity contribution in [2.24, 2.45) is 0 Å². The summed E-state index contributed by atoms with van der Waals surface area (Å²) in [5.41, 5.74) is 1.30. The fourth-order valence-corrected chi connectivity index (χ4v) is 1.74. The van der Waals surface area contributed by atoms with Crippen molar-refractivity contribution in [2.45, 2.75) is 25.7 Å². The molecule has 1 heterocycles. The maximum Gasteiger partial charge on any atom is 0.328 e. The predicted octanol–water partition coefficient (Wildman–Crippen LogP) is 2.77. The molecule has 0 saturated heterocycles. The predicted molar refractivity (Wildman–Crippen MR) is 52.7 cm³/mol. The Kier molecular flexibility index (Phi) is 2.54. The van der Waals surface area contributed by atoms with Gasteiger partial charge in [-0.1, -0.05) is 6.08 Å². The molecule has 1 aliphatic rings. The van der Waals surface area contributed by atoms with Crippen molar-refractivity contribution in [1.29, 1.82) is 0 Å². The van der Waals surface area contributed by atoms with Crippen molar-refractivity contribution in [3.8, 4) is 0 Å². The lowest BCUT2D eigenvalue weighted by Gasteiger charge is -2.08. The van der Waals surface area contributed by atoms with Gasteiger partial charge in [0, 0.05) is 6.07 Å². The van der Waals surface area contributed by atoms with Crippen molar-refractivity contribution in [3.63, 3.8) is 0 Å². The Morgan fingerprint density at radius 3 is 3.00 bits per heavy atom. The summed E-state index contributed by atoms with van der Waals surface area (Å²) in [6.45, 7) is 0. The quantitative estimate of drug-likeness (QED) is 0.640. The Morgan fingerprint density at radius 1 is 1.38 bits per heavy atom. The monoisotopic (exact) mass is 194 g/mol. The molecule has 0 spiro atoms. The van der Waals surface area contributed by atoms with Gasteiger partial charge in [0.15, 0.2) is 0 Å². The number of allylic oxidation sites excluding steroid dienone is 2. The molecule has 0 aliphatic heterocycles. The van der Waals surface area contributed by atoms with Gasteiger partial charge in [0.1, 0.15) is 0 Å². The third kappa shape index (κ3) is 2.04. The lowest BCUT2D eigenvalue weighted by atomic mass is 9.98. The Morgan fingerprint density at radius 2 is 2.31 bits per heavy atom. The highest BCUT2D eigenvalue weighted by atomic mass is 32.1. The molecule has 0 amide bonds. The van der Waals surface area contributed by atoms with E-state index in [2.05, 4.69) is 6.08 Å². The standard InChI is InChI=1S/C10H12NOS/c13-11-8-4-7-10(12-11)9-5-2-1-3-6-9/h4-5,7-8H,1-3,6H2/q+1. The van der Waals surface area contributed by atoms with E-state index >= 15 is 0 Å². The van der Waals surface area contributed by atoms with Gasteiger partial charge in [-0.3, -0.25) is 0 Å². The van der Waals surface area contributed by atoms with Gasteiger partial charge in [-0.05, 0) is 37.3 Å². The van der Waals surface area contributed by atoms with Gasteiger partial charge in [0.2, 0.25) is 12.0 Å². The molecule has 2 nitrogen and oxygen atoms in total. The van der Waals surface area contributed by atoms with E-state index < -0.39 is 0 Å². The van der Waals surface area contributed by atoms with E-state index in [1.165, 1.54) is 22.2 Å². The number of aromatic nitrogens is 1. The van der Waals surface area contributed by atoms with E-state index in [1.807, 2.05) is 12.1 Å². The minimum atomic E-state index is 0.914. The van der Waals surface area contributed by atoms with Crippen molar-refractivity contribution >= 4 is 18.0 Å². The van der Waals surface area contributed by atoms with Gasteiger partial charge < -0.3 is 0 Å². The van der Waals surface area contributed by atoms with Crippen molar-refractivity contribution in [2.75, 3.05) is 0 Å². The molecule has 0 bridgehead atoms. The minimum absolute atomic E-state index is 0.914. The van der Waals surface area contributed by atoms with Gasteiger partial charge in [-0.2, -0.15) is 0 Å². The maximum atomic E-state index is 5.38. The lowest BCUT2D eigenvalue weighted by Crippen LogP contribution is -2.09. The van der Waals surface area contributed by atoms with Crippen LogP contribution in [0, 0.1) is 0 Å². The van der Waals surface area contributed by atoms with Crippen molar-refractivity contribution < 1.29 is 8.31 Å². The summed E-state index contributed by atoms with van der Waals surface area (Å²) in [6.07, 6.45) is 8.80. The molecule has 0 fully saturated rings. The Balaban J connectivity index is 2.34. The van der Waals surface area contributed by atoms with Crippen LogP contribution >= 0.6 is 12.4 Å². The molecule has 13 heavy (non-hydrogen) atoms. The zero-order chi connectivity index (χ0) is 9.10. The van der Waals surface area contributed by atoms with E-state index in [1.54, 1.807) is 6.20 Å². The molecule has 1 aromatic rings. The summed E-state index contributed by atoms with van der Waals surface area (Å²) in [6, 6.07) is 3.89. The summed E-state index contributed by atoms with van der Waals surface area (Å²) < 4.78 is 6.70. The zero-order valence-corrected chi connectivity index (χ0v) is 8.22. The van der Waals surface area contributed by atoms with E-state index in [0.717, 1.165) is 18.6 Å². The summed E-state index contributed by atoms with van der Waals surface area (Å²) in [5, 5.41) is 0. The van der Waals surface area contributed by atoms with Crippen molar-refractivity contribution in [3.05, 3.63) is 30.2 Å². The molecule has 68 valence electrons. The molecule has 0 aromatic carbocycles. The first-order valence-electron chi connectivity index (χ1n) is 4.58. The second-order valence-corrected chi connectivity index (χ2v) is 3.58. The van der Waals surface area contributed by atoms with Gasteiger partial charge in [-0.15, -0.1) is 0 Å². The van der Waals surface area contributed by atoms with Crippen LogP contribution < -0.4 is 3.79 Å². The topological polar surface area (TPSA) is 19.0 Å². The zero-order valence-electron chi connectivity index (χ0n) is 7.40. The highest BCUT2D eigenvalue weighted by Crippen LogP contribution is 2.25. The van der Waals surface area contributed by atoms with Crippen LogP contribution in [0.15, 0.2) is 28.9 Å². The first kappa shape index (κ1) is 8.63. The molecule has 0 saturated carbocycles. The van der Waals surface area contributed by atoms with Gasteiger partial charge in [-0.25, -0.2) is 4.52 Å². The number of hydrogen-bond donors (Lipinski definition) is 0. The highest BCUT2D eigenvalue weighted by molar-refractivity contribution is 7.66. The molecule has 0 atom stereocenters. The Hall–Kier alpha value is -0.960. The van der Waals surface area contributed by atoms with Gasteiger partial charge in [0.05, 0.1) is 3.79 Å². The summed E-state index contributed by atoms with van der Waals surface area (Å²) in [7, 11) is 0. The smallest absolute Gasteiger partial charge is 0.216 e. The van der Waals surface area contributed by atoms with Crippen LogP contribution in [0.1, 0.15) is 31.4 Å². The molecule has 0 unspecified atom stereocenters. The second kappa shape index (κ2) is 3.83. The molecular formula is C10H12NOS+. The third-order valence-corrected chi connectivity index (χ3v) is 2.45. The van der Waals surface area contributed by atoms with Crippen LogP contribution in [0.25, 0.3) is 5.57 Å². The summed E-state index contributed by atoms with van der Waals surface area (Å²) in [5.74, 6) is 0.914. The Labute approximate surface area is 82.7 Å². The van der Waals surface area contributed by atoms with Crippen LogP contribution in [0.5, 0.6) is 0 Å². The SMILES string of the molecule is S=[n+]1cccc(C2=CCCCC2)o1. The fourth-order valence-electron chi connectivity index (χ4n) is 1.59. The van der Waals surface area contributed by atoms with Crippen LogP contribution in [-0.4, -0.2) is 0 Å². The molecule has 1 aliphatic carbocycles. The first-order chi connectivity index (χ1) is 6.36. The first-order valence-corrected chi connectivity index (χ1v) is 4.95. The molecular weight excluding hydrogens is 182 g/mol. The van der Waals surface area contributed by atoms with E-state index in [4.69, 9.17) is 16.9 Å². The van der Waals surface area contributed by atoms with E-state index in [9.17, 15) is 0 Å². The van der Waals surface area contributed by atoms with Crippen molar-refractivity contribution in [1.82, 2.24) is 0 Å². The largest absolute Gasteiger partial charge is 0.328 e. The number of nitrogens with zero attached hydrogens (tertiary/aromatic N) is 1. The van der Waals surface area contributed by atoms with Gasteiger partial charge in [0.25, 0.3) is 0 Å². The lowest BCUT2D eigenvalue weighted by molar-refractivity contribution is -0.661. The van der Waals surface area contributed by atoms with Crippen LogP contribution in [0.4, 0.5) is 0 Å². The highest BCUT2D eigenvalue weighted by Gasteiger charge is 2.10. The maximum absolute atomic E-state index is 5.38. The minimum Gasteiger partial charge on any atom is -0.216 e. The van der Waals surface area contributed by atoms with E-state index in [-0.39, 0.29) is 0 Å². The van der Waals surface area contributed by atoms with Gasteiger partial charge >= 0.3 is 12.4 Å². The van der Waals surface area contributed by atoms with Crippen LogP contribution in [-0.2, 0) is 0 Å². The van der Waals surface area contributed by atoms with Crippen LogP contribution in [0.3, 0.4) is 0 Å². The fraction of sp³-hybridized carbons (Fsp3) is 0.400. The average molecular weight is 194 g/mol. The molecule has 0 N–H and O–H groups in total. The van der Waals surface area contributed by atoms with Crippen LogP contribution in [0.2, 0.25) is 0 Å². The third-order valence-electron chi connectivity index (χ3n) is 2.25. The molecule has 1 aromatic heterocycles. The second-order valence-electron chi connectivity index (χ2n) is 3.22. The number of hydrogen-bond acceptors (Lipinski definition) is 2. The van der Waals surface area contributed by atoms with E-state index in [0.29, 0.717) is 0 Å². The number of rotatable bonds is 1. The summed E-state index contributed by atoms with van der Waals surface area (Å²) in [4.78, 5) is 0. The molecule has 0 radical (unpaired) electrons. The summed E-state index contributed by atoms with van der Waals surface area (Å²) >= 11 is 4.89. The normalized spacial score (nSPS) is 16.8. The Bertz CT molecular complexity index is 381. The average Bonchev–Trinajstić information content (AvgIpc) is 2.19. The molecule has 3 heteroatoms.